The second-order valence-corrected chi connectivity index (χ2v) is 5.70. The molecular formula is C15H27N5O. The van der Waals surface area contributed by atoms with Gasteiger partial charge in [0.1, 0.15) is 12.0 Å². The topological polar surface area (TPSA) is 56.9 Å². The fraction of sp³-hybridized carbons (Fsp3) is 0.733. The second kappa shape index (κ2) is 8.02. The predicted molar refractivity (Wildman–Crippen MR) is 84.2 cm³/mol. The van der Waals surface area contributed by atoms with E-state index in [0.29, 0.717) is 12.6 Å². The summed E-state index contributed by atoms with van der Waals surface area (Å²) in [6, 6.07) is 2.58. The van der Waals surface area contributed by atoms with Crippen molar-refractivity contribution in [3.05, 3.63) is 18.0 Å². The zero-order valence-corrected chi connectivity index (χ0v) is 13.4. The minimum Gasteiger partial charge on any atom is -0.364 e. The average molecular weight is 293 g/mol. The molecule has 0 radical (unpaired) electrons. The van der Waals surface area contributed by atoms with Gasteiger partial charge in [0.15, 0.2) is 5.96 Å². The summed E-state index contributed by atoms with van der Waals surface area (Å²) in [5.74, 6) is 0.891. The Hall–Kier alpha value is -1.56. The Balaban J connectivity index is 1.74. The first-order chi connectivity index (χ1) is 10.2. The third-order valence-electron chi connectivity index (χ3n) is 4.09. The number of aromatic nitrogens is 1. The summed E-state index contributed by atoms with van der Waals surface area (Å²) < 4.78 is 4.86. The van der Waals surface area contributed by atoms with Crippen molar-refractivity contribution in [2.45, 2.75) is 38.8 Å². The Bertz CT molecular complexity index is 431. The standard InChI is InChI=1S/C15H27N5O/c1-13-6-4-5-9-20(13)10-8-17-15(16-2)19(3)12-14-7-11-21-18-14/h7,11,13H,4-6,8-10,12H2,1-3H3,(H,16,17). The minimum atomic E-state index is 0.691. The molecule has 0 aliphatic carbocycles. The third-order valence-corrected chi connectivity index (χ3v) is 4.09. The van der Waals surface area contributed by atoms with Crippen LogP contribution in [0.3, 0.4) is 0 Å². The van der Waals surface area contributed by atoms with Crippen LogP contribution in [0.2, 0.25) is 0 Å². The largest absolute Gasteiger partial charge is 0.364 e. The summed E-state index contributed by atoms with van der Waals surface area (Å²) in [5, 5.41) is 7.35. The molecule has 118 valence electrons. The highest BCUT2D eigenvalue weighted by Gasteiger charge is 2.17. The van der Waals surface area contributed by atoms with Gasteiger partial charge in [-0.05, 0) is 26.3 Å². The molecule has 1 unspecified atom stereocenters. The maximum absolute atomic E-state index is 4.86. The Morgan fingerprint density at radius 3 is 3.10 bits per heavy atom. The van der Waals surface area contributed by atoms with Gasteiger partial charge in [0, 0.05) is 39.3 Å². The van der Waals surface area contributed by atoms with E-state index in [4.69, 9.17) is 4.52 Å². The van der Waals surface area contributed by atoms with Gasteiger partial charge in [-0.25, -0.2) is 0 Å². The van der Waals surface area contributed by atoms with Crippen LogP contribution in [0.4, 0.5) is 0 Å². The van der Waals surface area contributed by atoms with Crippen molar-refractivity contribution in [3.63, 3.8) is 0 Å². The zero-order chi connectivity index (χ0) is 15.1. The first kappa shape index (κ1) is 15.8. The molecule has 1 aromatic rings. The zero-order valence-electron chi connectivity index (χ0n) is 13.4. The molecule has 2 rings (SSSR count). The molecule has 1 saturated heterocycles. The van der Waals surface area contributed by atoms with Gasteiger partial charge in [0.25, 0.3) is 0 Å². The van der Waals surface area contributed by atoms with Crippen LogP contribution in [-0.2, 0) is 6.54 Å². The molecule has 2 heterocycles. The Morgan fingerprint density at radius 1 is 1.57 bits per heavy atom. The minimum absolute atomic E-state index is 0.691. The highest BCUT2D eigenvalue weighted by molar-refractivity contribution is 5.79. The van der Waals surface area contributed by atoms with Gasteiger partial charge in [0.2, 0.25) is 0 Å². The highest BCUT2D eigenvalue weighted by Crippen LogP contribution is 2.15. The molecule has 6 heteroatoms. The van der Waals surface area contributed by atoms with E-state index >= 15 is 0 Å². The number of piperidine rings is 1. The van der Waals surface area contributed by atoms with Gasteiger partial charge >= 0.3 is 0 Å². The first-order valence-corrected chi connectivity index (χ1v) is 7.76. The van der Waals surface area contributed by atoms with E-state index < -0.39 is 0 Å². The van der Waals surface area contributed by atoms with E-state index in [1.54, 1.807) is 6.26 Å². The Kier molecular flexibility index (Phi) is 6.04. The van der Waals surface area contributed by atoms with Gasteiger partial charge < -0.3 is 14.7 Å². The van der Waals surface area contributed by atoms with Crippen molar-refractivity contribution in [1.29, 1.82) is 0 Å². The fourth-order valence-corrected chi connectivity index (χ4v) is 2.82. The van der Waals surface area contributed by atoms with Crippen molar-refractivity contribution in [2.75, 3.05) is 33.7 Å². The van der Waals surface area contributed by atoms with Crippen molar-refractivity contribution in [3.8, 4) is 0 Å². The lowest BCUT2D eigenvalue weighted by Gasteiger charge is -2.33. The van der Waals surface area contributed by atoms with Gasteiger partial charge in [-0.3, -0.25) is 9.89 Å². The van der Waals surface area contributed by atoms with Crippen molar-refractivity contribution in [1.82, 2.24) is 20.3 Å². The third kappa shape index (κ3) is 4.74. The molecule has 0 bridgehead atoms. The van der Waals surface area contributed by atoms with Crippen LogP contribution in [0.5, 0.6) is 0 Å². The molecule has 0 saturated carbocycles. The van der Waals surface area contributed by atoms with Crippen LogP contribution in [-0.4, -0.2) is 60.7 Å². The van der Waals surface area contributed by atoms with Crippen LogP contribution >= 0.6 is 0 Å². The fourth-order valence-electron chi connectivity index (χ4n) is 2.82. The quantitative estimate of drug-likeness (QED) is 0.659. The van der Waals surface area contributed by atoms with E-state index in [2.05, 4.69) is 32.2 Å². The number of aliphatic imine (C=N–C) groups is 1. The van der Waals surface area contributed by atoms with Gasteiger partial charge in [-0.1, -0.05) is 11.6 Å². The van der Waals surface area contributed by atoms with Crippen molar-refractivity contribution < 1.29 is 4.52 Å². The van der Waals surface area contributed by atoms with E-state index in [-0.39, 0.29) is 0 Å². The molecule has 0 aromatic carbocycles. The van der Waals surface area contributed by atoms with Crippen molar-refractivity contribution >= 4 is 5.96 Å². The molecule has 1 aliphatic heterocycles. The number of rotatable bonds is 5. The van der Waals surface area contributed by atoms with Gasteiger partial charge in [0.05, 0.1) is 6.54 Å². The molecule has 0 amide bonds. The van der Waals surface area contributed by atoms with Crippen LogP contribution < -0.4 is 5.32 Å². The molecule has 1 fully saturated rings. The van der Waals surface area contributed by atoms with E-state index in [9.17, 15) is 0 Å². The SMILES string of the molecule is CN=C(NCCN1CCCCC1C)N(C)Cc1ccon1. The van der Waals surface area contributed by atoms with Crippen LogP contribution in [0.15, 0.2) is 21.8 Å². The Labute approximate surface area is 127 Å². The lowest BCUT2D eigenvalue weighted by molar-refractivity contribution is 0.163. The van der Waals surface area contributed by atoms with Crippen molar-refractivity contribution in [2.24, 2.45) is 4.99 Å². The summed E-state index contributed by atoms with van der Waals surface area (Å²) >= 11 is 0. The molecule has 1 atom stereocenters. The van der Waals surface area contributed by atoms with E-state index in [1.807, 2.05) is 20.2 Å². The summed E-state index contributed by atoms with van der Waals surface area (Å²) in [5.41, 5.74) is 0.908. The van der Waals surface area contributed by atoms with Crippen LogP contribution in [0.25, 0.3) is 0 Å². The number of likely N-dealkylation sites (tertiary alicyclic amines) is 1. The number of guanidine groups is 1. The number of hydrogen-bond acceptors (Lipinski definition) is 4. The smallest absolute Gasteiger partial charge is 0.193 e. The maximum Gasteiger partial charge on any atom is 0.193 e. The predicted octanol–water partition coefficient (Wildman–Crippen LogP) is 1.56. The lowest BCUT2D eigenvalue weighted by Crippen LogP contribution is -2.45. The molecule has 6 nitrogen and oxygen atoms in total. The summed E-state index contributed by atoms with van der Waals surface area (Å²) in [7, 11) is 3.82. The average Bonchev–Trinajstić information content (AvgIpc) is 2.98. The number of hydrogen-bond donors (Lipinski definition) is 1. The molecule has 1 aromatic heterocycles. The molecule has 0 spiro atoms. The summed E-state index contributed by atoms with van der Waals surface area (Å²) in [6.07, 6.45) is 5.61. The number of nitrogens with zero attached hydrogens (tertiary/aromatic N) is 4. The van der Waals surface area contributed by atoms with Crippen LogP contribution in [0.1, 0.15) is 31.9 Å². The maximum atomic E-state index is 4.86. The molecule has 1 aliphatic rings. The summed E-state index contributed by atoms with van der Waals surface area (Å²) in [6.45, 7) is 6.22. The summed E-state index contributed by atoms with van der Waals surface area (Å²) in [4.78, 5) is 8.93. The van der Waals surface area contributed by atoms with E-state index in [1.165, 1.54) is 25.8 Å². The highest BCUT2D eigenvalue weighted by atomic mass is 16.5. The Morgan fingerprint density at radius 2 is 2.43 bits per heavy atom. The normalized spacial score (nSPS) is 20.5. The molecular weight excluding hydrogens is 266 g/mol. The molecule has 21 heavy (non-hydrogen) atoms. The second-order valence-electron chi connectivity index (χ2n) is 5.70. The van der Waals surface area contributed by atoms with Gasteiger partial charge in [-0.2, -0.15) is 0 Å². The molecule has 1 N–H and O–H groups in total. The van der Waals surface area contributed by atoms with Crippen LogP contribution in [0, 0.1) is 0 Å². The number of nitrogens with one attached hydrogen (secondary N) is 1. The monoisotopic (exact) mass is 293 g/mol. The van der Waals surface area contributed by atoms with E-state index in [0.717, 1.165) is 24.7 Å². The first-order valence-electron chi connectivity index (χ1n) is 7.76. The van der Waals surface area contributed by atoms with Gasteiger partial charge in [-0.15, -0.1) is 0 Å². The lowest BCUT2D eigenvalue weighted by atomic mass is 10.0.